The number of rotatable bonds is 6. The van der Waals surface area contributed by atoms with Gasteiger partial charge in [0.05, 0.1) is 12.2 Å². The second kappa shape index (κ2) is 9.09. The average molecular weight is 427 g/mol. The Balaban J connectivity index is 2.23. The number of nitrogens with zero attached hydrogens (tertiary/aromatic N) is 3. The number of amides is 1. The molecule has 0 aliphatic carbocycles. The maximum atomic E-state index is 13.2. The second-order valence-electron chi connectivity index (χ2n) is 7.05. The molecule has 0 radical (unpaired) electrons. The standard InChI is InChI=1S/C22H23ClN4O3/c1-4-11-24-20(28)19-21(29)26(13-16-7-5-6-8-18(16)23)22(30)27(25-19)17-10-9-14(2)15(3)12-17/h5-10,12H,4,11,13H2,1-3H3,(H,24,28). The highest BCUT2D eigenvalue weighted by Crippen LogP contribution is 2.15. The Bertz CT molecular complexity index is 1210. The maximum Gasteiger partial charge on any atom is 0.352 e. The van der Waals surface area contributed by atoms with E-state index in [1.54, 1.807) is 36.4 Å². The first-order valence-electron chi connectivity index (χ1n) is 9.67. The van der Waals surface area contributed by atoms with E-state index in [0.29, 0.717) is 29.2 Å². The number of halogens is 1. The molecule has 3 rings (SSSR count). The molecule has 0 unspecified atom stereocenters. The molecule has 2 aromatic carbocycles. The predicted octanol–water partition coefficient (Wildman–Crippen LogP) is 2.85. The third-order valence-corrected chi connectivity index (χ3v) is 5.20. The molecule has 0 bridgehead atoms. The van der Waals surface area contributed by atoms with Crippen molar-refractivity contribution in [2.45, 2.75) is 33.7 Å². The molecule has 0 atom stereocenters. The van der Waals surface area contributed by atoms with Crippen molar-refractivity contribution in [2.75, 3.05) is 6.54 Å². The van der Waals surface area contributed by atoms with Gasteiger partial charge in [-0.05, 0) is 55.2 Å². The molecule has 0 saturated heterocycles. The van der Waals surface area contributed by atoms with Gasteiger partial charge in [0.15, 0.2) is 0 Å². The Kier molecular flexibility index (Phi) is 6.52. The lowest BCUT2D eigenvalue weighted by Crippen LogP contribution is -2.46. The highest BCUT2D eigenvalue weighted by molar-refractivity contribution is 6.31. The van der Waals surface area contributed by atoms with Gasteiger partial charge in [0.25, 0.3) is 11.5 Å². The maximum absolute atomic E-state index is 13.2. The molecule has 0 aliphatic heterocycles. The van der Waals surface area contributed by atoms with Crippen molar-refractivity contribution in [3.05, 3.63) is 90.7 Å². The number of nitrogens with one attached hydrogen (secondary N) is 1. The molecule has 7 nitrogen and oxygen atoms in total. The summed E-state index contributed by atoms with van der Waals surface area (Å²) in [6, 6.07) is 12.3. The van der Waals surface area contributed by atoms with Crippen molar-refractivity contribution in [1.29, 1.82) is 0 Å². The molecule has 1 aromatic heterocycles. The SMILES string of the molecule is CCCNC(=O)c1nn(-c2ccc(C)c(C)c2)c(=O)n(Cc2ccccc2Cl)c1=O. The van der Waals surface area contributed by atoms with Crippen LogP contribution in [-0.4, -0.2) is 26.8 Å². The van der Waals surface area contributed by atoms with Gasteiger partial charge in [-0.15, -0.1) is 0 Å². The molecule has 0 saturated carbocycles. The topological polar surface area (TPSA) is 86.0 Å². The van der Waals surface area contributed by atoms with Gasteiger partial charge in [-0.2, -0.15) is 9.78 Å². The van der Waals surface area contributed by atoms with Crippen LogP contribution in [0.1, 0.15) is 40.5 Å². The Hall–Kier alpha value is -3.19. The average Bonchev–Trinajstić information content (AvgIpc) is 2.73. The van der Waals surface area contributed by atoms with Crippen LogP contribution in [0, 0.1) is 13.8 Å². The number of aryl methyl sites for hydroxylation is 2. The van der Waals surface area contributed by atoms with Gasteiger partial charge in [-0.1, -0.05) is 42.8 Å². The molecule has 3 aromatic rings. The largest absolute Gasteiger partial charge is 0.352 e. The number of carbonyl (C=O) groups excluding carboxylic acids is 1. The summed E-state index contributed by atoms with van der Waals surface area (Å²) in [5, 5.41) is 7.20. The minimum Gasteiger partial charge on any atom is -0.350 e. The molecule has 0 spiro atoms. The molecule has 30 heavy (non-hydrogen) atoms. The van der Waals surface area contributed by atoms with Crippen molar-refractivity contribution in [1.82, 2.24) is 19.7 Å². The summed E-state index contributed by atoms with van der Waals surface area (Å²) in [6.07, 6.45) is 0.705. The summed E-state index contributed by atoms with van der Waals surface area (Å²) in [5.74, 6) is -0.618. The van der Waals surface area contributed by atoms with Crippen molar-refractivity contribution >= 4 is 17.5 Å². The van der Waals surface area contributed by atoms with Gasteiger partial charge in [0.2, 0.25) is 5.69 Å². The minimum atomic E-state index is -0.756. The second-order valence-corrected chi connectivity index (χ2v) is 7.46. The molecule has 1 amide bonds. The highest BCUT2D eigenvalue weighted by Gasteiger charge is 2.20. The monoisotopic (exact) mass is 426 g/mol. The van der Waals surface area contributed by atoms with Gasteiger partial charge in [-0.3, -0.25) is 14.2 Å². The third-order valence-electron chi connectivity index (χ3n) is 4.83. The van der Waals surface area contributed by atoms with Crippen molar-refractivity contribution in [3.8, 4) is 5.69 Å². The van der Waals surface area contributed by atoms with E-state index in [0.717, 1.165) is 20.4 Å². The highest BCUT2D eigenvalue weighted by atomic mass is 35.5. The van der Waals surface area contributed by atoms with E-state index in [1.807, 2.05) is 26.8 Å². The van der Waals surface area contributed by atoms with E-state index in [1.165, 1.54) is 0 Å². The van der Waals surface area contributed by atoms with E-state index in [2.05, 4.69) is 10.4 Å². The van der Waals surface area contributed by atoms with E-state index < -0.39 is 17.2 Å². The molecule has 8 heteroatoms. The summed E-state index contributed by atoms with van der Waals surface area (Å²) in [6.45, 7) is 6.10. The van der Waals surface area contributed by atoms with Crippen molar-refractivity contribution in [2.24, 2.45) is 0 Å². The number of aromatic nitrogens is 3. The first-order chi connectivity index (χ1) is 14.3. The van der Waals surface area contributed by atoms with Crippen LogP contribution in [0.2, 0.25) is 5.02 Å². The minimum absolute atomic E-state index is 0.0707. The lowest BCUT2D eigenvalue weighted by atomic mass is 10.1. The fourth-order valence-electron chi connectivity index (χ4n) is 2.94. The van der Waals surface area contributed by atoms with Crippen LogP contribution in [0.15, 0.2) is 52.1 Å². The Morgan fingerprint density at radius 1 is 1.10 bits per heavy atom. The molecular weight excluding hydrogens is 404 g/mol. The van der Waals surface area contributed by atoms with Crippen LogP contribution in [0.25, 0.3) is 5.69 Å². The van der Waals surface area contributed by atoms with Crippen molar-refractivity contribution < 1.29 is 4.79 Å². The predicted molar refractivity (Wildman–Crippen MR) is 117 cm³/mol. The zero-order valence-electron chi connectivity index (χ0n) is 17.1. The van der Waals surface area contributed by atoms with Gasteiger partial charge < -0.3 is 5.32 Å². The van der Waals surface area contributed by atoms with Gasteiger partial charge in [-0.25, -0.2) is 4.79 Å². The number of hydrogen-bond acceptors (Lipinski definition) is 4. The smallest absolute Gasteiger partial charge is 0.350 e. The normalized spacial score (nSPS) is 10.8. The van der Waals surface area contributed by atoms with Crippen LogP contribution in [0.3, 0.4) is 0 Å². The molecule has 0 fully saturated rings. The fourth-order valence-corrected chi connectivity index (χ4v) is 3.14. The Morgan fingerprint density at radius 3 is 2.50 bits per heavy atom. The van der Waals surface area contributed by atoms with Gasteiger partial charge in [0, 0.05) is 11.6 Å². The van der Waals surface area contributed by atoms with Crippen LogP contribution in [-0.2, 0) is 6.54 Å². The first kappa shape index (κ1) is 21.5. The molecule has 1 heterocycles. The lowest BCUT2D eigenvalue weighted by molar-refractivity contribution is 0.0944. The Labute approximate surface area is 178 Å². The molecular formula is C22H23ClN4O3. The summed E-state index contributed by atoms with van der Waals surface area (Å²) < 4.78 is 2.08. The summed E-state index contributed by atoms with van der Waals surface area (Å²) in [4.78, 5) is 38.8. The van der Waals surface area contributed by atoms with E-state index >= 15 is 0 Å². The van der Waals surface area contributed by atoms with Crippen molar-refractivity contribution in [3.63, 3.8) is 0 Å². The van der Waals surface area contributed by atoms with E-state index in [-0.39, 0.29) is 12.2 Å². The zero-order valence-corrected chi connectivity index (χ0v) is 17.9. The summed E-state index contributed by atoms with van der Waals surface area (Å²) in [7, 11) is 0. The zero-order chi connectivity index (χ0) is 21.8. The van der Waals surface area contributed by atoms with Crippen LogP contribution >= 0.6 is 11.6 Å². The first-order valence-corrected chi connectivity index (χ1v) is 10.0. The van der Waals surface area contributed by atoms with Gasteiger partial charge >= 0.3 is 5.69 Å². The Morgan fingerprint density at radius 2 is 1.83 bits per heavy atom. The van der Waals surface area contributed by atoms with E-state index in [4.69, 9.17) is 11.6 Å². The van der Waals surface area contributed by atoms with Crippen LogP contribution < -0.4 is 16.6 Å². The fraction of sp³-hybridized carbons (Fsp3) is 0.273. The number of benzene rings is 2. The molecule has 0 aliphatic rings. The third kappa shape index (κ3) is 4.36. The lowest BCUT2D eigenvalue weighted by Gasteiger charge is -2.13. The number of carbonyl (C=O) groups is 1. The van der Waals surface area contributed by atoms with Crippen LogP contribution in [0.5, 0.6) is 0 Å². The quantitative estimate of drug-likeness (QED) is 0.656. The van der Waals surface area contributed by atoms with Gasteiger partial charge in [0.1, 0.15) is 0 Å². The summed E-state index contributed by atoms with van der Waals surface area (Å²) >= 11 is 6.23. The van der Waals surface area contributed by atoms with E-state index in [9.17, 15) is 14.4 Å². The number of hydrogen-bond donors (Lipinski definition) is 1. The molecule has 1 N–H and O–H groups in total. The molecule has 156 valence electrons. The van der Waals surface area contributed by atoms with Crippen LogP contribution in [0.4, 0.5) is 0 Å². The summed E-state index contributed by atoms with van der Waals surface area (Å²) in [5.41, 5.74) is 1.34.